The van der Waals surface area contributed by atoms with Gasteiger partial charge in [-0.05, 0) is 48.5 Å². The minimum atomic E-state index is -0.487. The Bertz CT molecular complexity index is 916. The van der Waals surface area contributed by atoms with Gasteiger partial charge in [0.05, 0.1) is 16.9 Å². The van der Waals surface area contributed by atoms with Gasteiger partial charge in [0.15, 0.2) is 0 Å². The summed E-state index contributed by atoms with van der Waals surface area (Å²) < 4.78 is 13.2. The second-order valence-corrected chi connectivity index (χ2v) is 5.99. The van der Waals surface area contributed by atoms with E-state index in [0.717, 1.165) is 0 Å². The van der Waals surface area contributed by atoms with Crippen molar-refractivity contribution in [3.63, 3.8) is 0 Å². The molecule has 0 spiro atoms. The van der Waals surface area contributed by atoms with E-state index in [0.29, 0.717) is 27.8 Å². The number of carbonyl (C=O) groups is 1. The van der Waals surface area contributed by atoms with Crippen LogP contribution in [0.1, 0.15) is 10.4 Å². The summed E-state index contributed by atoms with van der Waals surface area (Å²) >= 11 is 11.6. The predicted molar refractivity (Wildman–Crippen MR) is 98.3 cm³/mol. The van der Waals surface area contributed by atoms with Crippen molar-refractivity contribution in [3.8, 4) is 0 Å². The SMILES string of the molecule is O=C(Nc1ccc(Nc2ccc(F)c(Cl)c2)nc1)c1cccc(Cl)c1. The van der Waals surface area contributed by atoms with Gasteiger partial charge in [0.25, 0.3) is 5.91 Å². The zero-order valence-corrected chi connectivity index (χ0v) is 14.3. The quantitative estimate of drug-likeness (QED) is 0.630. The second kappa shape index (κ2) is 7.51. The number of hydrogen-bond donors (Lipinski definition) is 2. The van der Waals surface area contributed by atoms with Crippen molar-refractivity contribution >= 4 is 46.3 Å². The largest absolute Gasteiger partial charge is 0.340 e. The molecule has 0 saturated heterocycles. The van der Waals surface area contributed by atoms with Crippen molar-refractivity contribution in [2.24, 2.45) is 0 Å². The maximum atomic E-state index is 13.2. The molecule has 0 radical (unpaired) electrons. The number of pyridine rings is 1. The lowest BCUT2D eigenvalue weighted by molar-refractivity contribution is 0.102. The summed E-state index contributed by atoms with van der Waals surface area (Å²) in [6, 6.07) is 14.3. The molecular weight excluding hydrogens is 364 g/mol. The Morgan fingerprint density at radius 3 is 2.48 bits per heavy atom. The Labute approximate surface area is 153 Å². The lowest BCUT2D eigenvalue weighted by Crippen LogP contribution is -2.12. The number of amides is 1. The fourth-order valence-corrected chi connectivity index (χ4v) is 2.47. The molecule has 126 valence electrons. The minimum absolute atomic E-state index is 0.0235. The minimum Gasteiger partial charge on any atom is -0.340 e. The van der Waals surface area contributed by atoms with Crippen molar-refractivity contribution in [2.75, 3.05) is 10.6 Å². The monoisotopic (exact) mass is 375 g/mol. The Morgan fingerprint density at radius 2 is 1.80 bits per heavy atom. The van der Waals surface area contributed by atoms with E-state index in [-0.39, 0.29) is 10.9 Å². The Hall–Kier alpha value is -2.63. The van der Waals surface area contributed by atoms with Crippen LogP contribution in [0.2, 0.25) is 10.0 Å². The highest BCUT2D eigenvalue weighted by Gasteiger charge is 2.07. The normalized spacial score (nSPS) is 10.4. The highest BCUT2D eigenvalue weighted by atomic mass is 35.5. The molecular formula is C18H12Cl2FN3O. The zero-order chi connectivity index (χ0) is 17.8. The van der Waals surface area contributed by atoms with E-state index >= 15 is 0 Å². The Balaban J connectivity index is 1.67. The fourth-order valence-electron chi connectivity index (χ4n) is 2.10. The summed E-state index contributed by atoms with van der Waals surface area (Å²) in [6.45, 7) is 0. The molecule has 1 heterocycles. The van der Waals surface area contributed by atoms with Gasteiger partial charge < -0.3 is 10.6 Å². The number of nitrogens with one attached hydrogen (secondary N) is 2. The Morgan fingerprint density at radius 1 is 1.00 bits per heavy atom. The van der Waals surface area contributed by atoms with Gasteiger partial charge in [-0.15, -0.1) is 0 Å². The first-order valence-corrected chi connectivity index (χ1v) is 8.02. The molecule has 1 amide bonds. The van der Waals surface area contributed by atoms with Crippen molar-refractivity contribution in [3.05, 3.63) is 82.2 Å². The van der Waals surface area contributed by atoms with Gasteiger partial charge in [-0.25, -0.2) is 9.37 Å². The summed E-state index contributed by atoms with van der Waals surface area (Å²) in [6.07, 6.45) is 1.51. The molecule has 0 atom stereocenters. The lowest BCUT2D eigenvalue weighted by Gasteiger charge is -2.08. The average Bonchev–Trinajstić information content (AvgIpc) is 2.60. The number of anilines is 3. The summed E-state index contributed by atoms with van der Waals surface area (Å²) in [5, 5.41) is 6.25. The molecule has 25 heavy (non-hydrogen) atoms. The average molecular weight is 376 g/mol. The van der Waals surface area contributed by atoms with E-state index in [9.17, 15) is 9.18 Å². The number of nitrogens with zero attached hydrogens (tertiary/aromatic N) is 1. The topological polar surface area (TPSA) is 54.0 Å². The van der Waals surface area contributed by atoms with Crippen LogP contribution in [0.4, 0.5) is 21.6 Å². The molecule has 2 N–H and O–H groups in total. The summed E-state index contributed by atoms with van der Waals surface area (Å²) in [5.74, 6) is -0.238. The van der Waals surface area contributed by atoms with Crippen LogP contribution < -0.4 is 10.6 Å². The molecule has 0 unspecified atom stereocenters. The first kappa shape index (κ1) is 17.2. The van der Waals surface area contributed by atoms with Crippen LogP contribution in [-0.2, 0) is 0 Å². The molecule has 3 rings (SSSR count). The molecule has 0 saturated carbocycles. The molecule has 0 aliphatic carbocycles. The second-order valence-electron chi connectivity index (χ2n) is 5.15. The maximum Gasteiger partial charge on any atom is 0.255 e. The van der Waals surface area contributed by atoms with E-state index in [1.54, 1.807) is 42.5 Å². The first-order valence-electron chi connectivity index (χ1n) is 7.26. The standard InChI is InChI=1S/C18H12Cl2FN3O/c19-12-3-1-2-11(8-12)18(25)24-14-5-7-17(22-10-14)23-13-4-6-16(21)15(20)9-13/h1-10H,(H,22,23)(H,24,25). The molecule has 0 aliphatic rings. The summed E-state index contributed by atoms with van der Waals surface area (Å²) in [7, 11) is 0. The molecule has 7 heteroatoms. The van der Waals surface area contributed by atoms with Gasteiger partial charge in [0.1, 0.15) is 11.6 Å². The van der Waals surface area contributed by atoms with E-state index < -0.39 is 5.82 Å². The van der Waals surface area contributed by atoms with Gasteiger partial charge >= 0.3 is 0 Å². The van der Waals surface area contributed by atoms with Gasteiger partial charge in [-0.3, -0.25) is 4.79 Å². The van der Waals surface area contributed by atoms with Crippen molar-refractivity contribution in [2.45, 2.75) is 0 Å². The van der Waals surface area contributed by atoms with Crippen molar-refractivity contribution in [1.29, 1.82) is 0 Å². The smallest absolute Gasteiger partial charge is 0.255 e. The number of aromatic nitrogens is 1. The predicted octanol–water partition coefficient (Wildman–Crippen LogP) is 5.52. The lowest BCUT2D eigenvalue weighted by atomic mass is 10.2. The number of halogens is 3. The van der Waals surface area contributed by atoms with Crippen LogP contribution in [0.5, 0.6) is 0 Å². The van der Waals surface area contributed by atoms with Crippen molar-refractivity contribution in [1.82, 2.24) is 4.98 Å². The van der Waals surface area contributed by atoms with Crippen LogP contribution in [0.3, 0.4) is 0 Å². The molecule has 0 aliphatic heterocycles. The molecule has 3 aromatic rings. The van der Waals surface area contributed by atoms with E-state index in [4.69, 9.17) is 23.2 Å². The first-order chi connectivity index (χ1) is 12.0. The zero-order valence-electron chi connectivity index (χ0n) is 12.8. The summed E-state index contributed by atoms with van der Waals surface area (Å²) in [4.78, 5) is 16.3. The molecule has 0 bridgehead atoms. The van der Waals surface area contributed by atoms with Crippen LogP contribution >= 0.6 is 23.2 Å². The highest BCUT2D eigenvalue weighted by Crippen LogP contribution is 2.22. The third-order valence-electron chi connectivity index (χ3n) is 3.30. The van der Waals surface area contributed by atoms with Crippen LogP contribution in [0, 0.1) is 5.82 Å². The third kappa shape index (κ3) is 4.47. The van der Waals surface area contributed by atoms with Gasteiger partial charge in [0, 0.05) is 16.3 Å². The van der Waals surface area contributed by atoms with Gasteiger partial charge in [-0.1, -0.05) is 29.3 Å². The van der Waals surface area contributed by atoms with Crippen molar-refractivity contribution < 1.29 is 9.18 Å². The number of benzene rings is 2. The van der Waals surface area contributed by atoms with E-state index in [1.165, 1.54) is 18.3 Å². The molecule has 0 fully saturated rings. The summed E-state index contributed by atoms with van der Waals surface area (Å²) in [5.41, 5.74) is 1.60. The maximum absolute atomic E-state index is 13.2. The fraction of sp³-hybridized carbons (Fsp3) is 0. The number of hydrogen-bond acceptors (Lipinski definition) is 3. The molecule has 4 nitrogen and oxygen atoms in total. The van der Waals surface area contributed by atoms with E-state index in [1.807, 2.05) is 0 Å². The Kier molecular flexibility index (Phi) is 5.16. The number of carbonyl (C=O) groups excluding carboxylic acids is 1. The van der Waals surface area contributed by atoms with Crippen LogP contribution in [0.15, 0.2) is 60.8 Å². The van der Waals surface area contributed by atoms with Crippen LogP contribution in [-0.4, -0.2) is 10.9 Å². The van der Waals surface area contributed by atoms with Gasteiger partial charge in [-0.2, -0.15) is 0 Å². The highest BCUT2D eigenvalue weighted by molar-refractivity contribution is 6.31. The number of rotatable bonds is 4. The van der Waals surface area contributed by atoms with Gasteiger partial charge in [0.2, 0.25) is 0 Å². The molecule has 1 aromatic heterocycles. The third-order valence-corrected chi connectivity index (χ3v) is 3.82. The molecule has 2 aromatic carbocycles. The van der Waals surface area contributed by atoms with E-state index in [2.05, 4.69) is 15.6 Å². The van der Waals surface area contributed by atoms with Crippen LogP contribution in [0.25, 0.3) is 0 Å².